The molecule has 0 aromatic heterocycles. The van der Waals surface area contributed by atoms with Crippen molar-refractivity contribution in [3.63, 3.8) is 0 Å². The molecule has 6 nitrogen and oxygen atoms in total. The summed E-state index contributed by atoms with van der Waals surface area (Å²) in [5.41, 5.74) is 1.47. The van der Waals surface area contributed by atoms with Crippen LogP contribution in [0.2, 0.25) is 5.02 Å². The zero-order valence-corrected chi connectivity index (χ0v) is 22.0. The van der Waals surface area contributed by atoms with Crippen molar-refractivity contribution in [3.05, 3.63) is 81.9 Å². The van der Waals surface area contributed by atoms with Gasteiger partial charge in [0.15, 0.2) is 11.6 Å². The fourth-order valence-corrected chi connectivity index (χ4v) is 5.92. The van der Waals surface area contributed by atoms with Gasteiger partial charge >= 0.3 is 0 Å². The van der Waals surface area contributed by atoms with Crippen molar-refractivity contribution >= 4 is 23.2 Å². The highest BCUT2D eigenvalue weighted by Gasteiger charge is 2.47. The lowest BCUT2D eigenvalue weighted by Gasteiger charge is -2.37. The number of ether oxygens (including phenoxy) is 1. The molecule has 3 atom stereocenters. The highest BCUT2D eigenvalue weighted by molar-refractivity contribution is 6.34. The molecule has 38 heavy (non-hydrogen) atoms. The smallest absolute Gasteiger partial charge is 0.251 e. The van der Waals surface area contributed by atoms with Crippen LogP contribution in [0.25, 0.3) is 11.1 Å². The van der Waals surface area contributed by atoms with Gasteiger partial charge in [-0.1, -0.05) is 41.9 Å². The number of nitrogens with one attached hydrogen (secondary N) is 3. The lowest BCUT2D eigenvalue weighted by molar-refractivity contribution is 0.0962. The van der Waals surface area contributed by atoms with Crippen LogP contribution in [0.4, 0.5) is 14.5 Å². The summed E-state index contributed by atoms with van der Waals surface area (Å²) in [7, 11) is 1.44. The molecule has 0 bridgehead atoms. The third-order valence-electron chi connectivity index (χ3n) is 7.39. The Morgan fingerprint density at radius 1 is 1.24 bits per heavy atom. The molecule has 5 rings (SSSR count). The molecule has 1 amide bonds. The van der Waals surface area contributed by atoms with E-state index in [4.69, 9.17) is 16.3 Å². The number of carbonyl (C=O) groups excluding carboxylic acids is 1. The molecule has 0 spiro atoms. The van der Waals surface area contributed by atoms with E-state index in [2.05, 4.69) is 16.0 Å². The van der Waals surface area contributed by atoms with E-state index in [1.54, 1.807) is 0 Å². The first kappa shape index (κ1) is 26.4. The van der Waals surface area contributed by atoms with Crippen LogP contribution >= 0.6 is 11.6 Å². The minimum Gasteiger partial charge on any atom is -0.488 e. The molecule has 2 heterocycles. The van der Waals surface area contributed by atoms with Gasteiger partial charge in [0.25, 0.3) is 5.91 Å². The number of hydrogen-bond donors (Lipinski definition) is 4. The number of rotatable bonds is 7. The second-order valence-electron chi connectivity index (χ2n) is 9.90. The Hall–Kier alpha value is -3.20. The molecule has 1 saturated heterocycles. The van der Waals surface area contributed by atoms with Crippen molar-refractivity contribution in [2.75, 3.05) is 25.5 Å². The van der Waals surface area contributed by atoms with Gasteiger partial charge in [0, 0.05) is 36.3 Å². The average Bonchev–Trinajstić information content (AvgIpc) is 3.58. The molecule has 2 aliphatic heterocycles. The molecule has 4 N–H and O–H groups in total. The predicted octanol–water partition coefficient (Wildman–Crippen LogP) is 5.02. The largest absolute Gasteiger partial charge is 0.488 e. The summed E-state index contributed by atoms with van der Waals surface area (Å²) >= 11 is 6.58. The number of benzene rings is 3. The van der Waals surface area contributed by atoms with Gasteiger partial charge in [0.1, 0.15) is 12.4 Å². The standard InChI is InChI=1S/C29H30ClF2N3O3/c1-16(36)15-38-22-11-10-18(28(37)33-2)25(27(22)32)24-19-14-29(23-9-6-12-34-23,17-7-4-3-5-8-17)35-21(19)13-20(31)26(24)30/h3-5,7-8,10-11,13,16,23,34-36H,6,9,12,14-15H2,1-2H3,(H,33,37)/t16?,23?,29-/m0/s1. The third kappa shape index (κ3) is 4.51. The van der Waals surface area contributed by atoms with E-state index < -0.39 is 29.2 Å². The Morgan fingerprint density at radius 3 is 2.66 bits per heavy atom. The van der Waals surface area contributed by atoms with E-state index in [9.17, 15) is 9.90 Å². The maximum absolute atomic E-state index is 16.2. The molecule has 0 saturated carbocycles. The maximum Gasteiger partial charge on any atom is 0.251 e. The second-order valence-corrected chi connectivity index (χ2v) is 10.3. The van der Waals surface area contributed by atoms with E-state index in [0.717, 1.165) is 24.9 Å². The number of aliphatic hydroxyl groups is 1. The van der Waals surface area contributed by atoms with Gasteiger partial charge in [-0.15, -0.1) is 0 Å². The second kappa shape index (κ2) is 10.5. The lowest BCUT2D eigenvalue weighted by atomic mass is 9.78. The molecule has 2 unspecified atom stereocenters. The quantitative estimate of drug-likeness (QED) is 0.338. The van der Waals surface area contributed by atoms with Gasteiger partial charge in [-0.2, -0.15) is 0 Å². The molecule has 0 aliphatic carbocycles. The van der Waals surface area contributed by atoms with Crippen LogP contribution in [-0.4, -0.2) is 43.4 Å². The zero-order valence-electron chi connectivity index (χ0n) is 21.2. The summed E-state index contributed by atoms with van der Waals surface area (Å²) in [5, 5.41) is 19.1. The molecule has 9 heteroatoms. The van der Waals surface area contributed by atoms with Crippen LogP contribution in [0, 0.1) is 11.6 Å². The molecular weight excluding hydrogens is 512 g/mol. The Kier molecular flexibility index (Phi) is 7.31. The average molecular weight is 542 g/mol. The minimum atomic E-state index is -0.849. The molecule has 3 aromatic carbocycles. The van der Waals surface area contributed by atoms with Crippen LogP contribution in [0.1, 0.15) is 41.3 Å². The topological polar surface area (TPSA) is 82.6 Å². The van der Waals surface area contributed by atoms with Gasteiger partial charge in [0.2, 0.25) is 0 Å². The molecule has 1 fully saturated rings. The SMILES string of the molecule is CNC(=O)c1ccc(OCC(C)O)c(F)c1-c1c(Cl)c(F)cc2c1C[C@](c1ccccc1)(C1CCCN1)N2. The van der Waals surface area contributed by atoms with E-state index >= 15 is 8.78 Å². The summed E-state index contributed by atoms with van der Waals surface area (Å²) in [5.74, 6) is -2.29. The summed E-state index contributed by atoms with van der Waals surface area (Å²) in [6.07, 6.45) is 1.46. The summed E-state index contributed by atoms with van der Waals surface area (Å²) in [6.45, 7) is 2.22. The number of carbonyl (C=O) groups is 1. The Morgan fingerprint density at radius 2 is 2.00 bits per heavy atom. The number of halogens is 3. The fraction of sp³-hybridized carbons (Fsp3) is 0.345. The van der Waals surface area contributed by atoms with Crippen molar-refractivity contribution < 1.29 is 23.4 Å². The first-order valence-corrected chi connectivity index (χ1v) is 13.1. The van der Waals surface area contributed by atoms with Crippen LogP contribution in [-0.2, 0) is 12.0 Å². The van der Waals surface area contributed by atoms with E-state index in [-0.39, 0.29) is 40.1 Å². The number of aliphatic hydroxyl groups excluding tert-OH is 1. The number of hydrogen-bond acceptors (Lipinski definition) is 5. The van der Waals surface area contributed by atoms with E-state index in [1.165, 1.54) is 32.2 Å². The normalized spacial score (nSPS) is 21.1. The van der Waals surface area contributed by atoms with Crippen molar-refractivity contribution in [2.45, 2.75) is 43.9 Å². The first-order chi connectivity index (χ1) is 18.3. The fourth-order valence-electron chi connectivity index (χ4n) is 5.66. The molecule has 3 aromatic rings. The van der Waals surface area contributed by atoms with Crippen LogP contribution in [0.15, 0.2) is 48.5 Å². The monoisotopic (exact) mass is 541 g/mol. The highest BCUT2D eigenvalue weighted by Crippen LogP contribution is 2.51. The van der Waals surface area contributed by atoms with Crippen LogP contribution in [0.5, 0.6) is 5.75 Å². The van der Waals surface area contributed by atoms with Gasteiger partial charge in [-0.3, -0.25) is 4.79 Å². The van der Waals surface area contributed by atoms with Crippen molar-refractivity contribution in [1.82, 2.24) is 10.6 Å². The number of amides is 1. The summed E-state index contributed by atoms with van der Waals surface area (Å²) in [4.78, 5) is 12.9. The van der Waals surface area contributed by atoms with Gasteiger partial charge < -0.3 is 25.8 Å². The highest BCUT2D eigenvalue weighted by atomic mass is 35.5. The Labute approximate surface area is 225 Å². The zero-order chi connectivity index (χ0) is 27.0. The van der Waals surface area contributed by atoms with Gasteiger partial charge in [-0.05, 0) is 55.6 Å². The lowest BCUT2D eigenvalue weighted by Crippen LogP contribution is -2.50. The summed E-state index contributed by atoms with van der Waals surface area (Å²) < 4.78 is 37.0. The van der Waals surface area contributed by atoms with E-state index in [1.807, 2.05) is 30.3 Å². The number of fused-ring (bicyclic) bond motifs is 1. The number of anilines is 1. The molecule has 200 valence electrons. The van der Waals surface area contributed by atoms with Gasteiger partial charge in [-0.25, -0.2) is 8.78 Å². The minimum absolute atomic E-state index is 0.000277. The van der Waals surface area contributed by atoms with Crippen molar-refractivity contribution in [3.8, 4) is 16.9 Å². The van der Waals surface area contributed by atoms with Crippen molar-refractivity contribution in [2.24, 2.45) is 0 Å². The van der Waals surface area contributed by atoms with Gasteiger partial charge in [0.05, 0.1) is 22.2 Å². The van der Waals surface area contributed by atoms with Crippen molar-refractivity contribution in [1.29, 1.82) is 0 Å². The first-order valence-electron chi connectivity index (χ1n) is 12.7. The van der Waals surface area contributed by atoms with Crippen LogP contribution < -0.4 is 20.7 Å². The summed E-state index contributed by atoms with van der Waals surface area (Å²) in [6, 6.07) is 14.0. The Balaban J connectivity index is 1.73. The van der Waals surface area contributed by atoms with E-state index in [0.29, 0.717) is 17.7 Å². The molecular formula is C29H30ClF2N3O3. The predicted molar refractivity (Wildman–Crippen MR) is 144 cm³/mol. The molecule has 0 radical (unpaired) electrons. The maximum atomic E-state index is 16.2. The molecule has 2 aliphatic rings. The third-order valence-corrected chi connectivity index (χ3v) is 7.76. The van der Waals surface area contributed by atoms with Crippen LogP contribution in [0.3, 0.4) is 0 Å². The Bertz CT molecular complexity index is 1360.